The maximum atomic E-state index is 13.0. The van der Waals surface area contributed by atoms with Crippen molar-refractivity contribution in [2.24, 2.45) is 0 Å². The molecule has 0 spiro atoms. The lowest BCUT2D eigenvalue weighted by molar-refractivity contribution is 0.101. The van der Waals surface area contributed by atoms with E-state index in [9.17, 15) is 4.79 Å². The Labute approximate surface area is 185 Å². The topological polar surface area (TPSA) is 69.0 Å². The molecule has 0 atom stereocenters. The fourth-order valence-electron chi connectivity index (χ4n) is 3.20. The first-order valence-electron chi connectivity index (χ1n) is 9.71. The van der Waals surface area contributed by atoms with Crippen LogP contribution in [0.4, 0.5) is 5.69 Å². The third kappa shape index (κ3) is 4.29. The highest BCUT2D eigenvalue weighted by atomic mass is 35.5. The number of amides is 1. The van der Waals surface area contributed by atoms with E-state index in [1.807, 2.05) is 62.4 Å². The minimum Gasteiger partial charge on any atom is -0.497 e. The van der Waals surface area contributed by atoms with Gasteiger partial charge in [0.1, 0.15) is 5.75 Å². The highest BCUT2D eigenvalue weighted by molar-refractivity contribution is 6.31. The minimum atomic E-state index is -0.411. The molecule has 6 nitrogen and oxygen atoms in total. The Kier molecular flexibility index (Phi) is 5.73. The number of rotatable bonds is 5. The molecule has 0 aliphatic carbocycles. The summed E-state index contributed by atoms with van der Waals surface area (Å²) in [6.45, 7) is 3.85. The summed E-state index contributed by atoms with van der Waals surface area (Å²) in [4.78, 5) is 17.5. The fraction of sp³-hybridized carbons (Fsp3) is 0.125. The Morgan fingerprint density at radius 2 is 1.77 bits per heavy atom. The van der Waals surface area contributed by atoms with Crippen molar-refractivity contribution in [2.45, 2.75) is 13.8 Å². The van der Waals surface area contributed by atoms with Crippen molar-refractivity contribution in [1.82, 2.24) is 14.8 Å². The summed E-state index contributed by atoms with van der Waals surface area (Å²) in [5, 5.41) is 7.95. The summed E-state index contributed by atoms with van der Waals surface area (Å²) in [6, 6.07) is 20.7. The summed E-state index contributed by atoms with van der Waals surface area (Å²) < 4.78 is 6.91. The van der Waals surface area contributed by atoms with Crippen molar-refractivity contribution in [3.05, 3.63) is 88.7 Å². The van der Waals surface area contributed by atoms with Crippen molar-refractivity contribution >= 4 is 23.2 Å². The van der Waals surface area contributed by atoms with E-state index in [4.69, 9.17) is 16.3 Å². The lowest BCUT2D eigenvalue weighted by Crippen LogP contribution is -2.15. The maximum absolute atomic E-state index is 13.0. The molecular formula is C24H21ClN4O2. The van der Waals surface area contributed by atoms with Gasteiger partial charge in [0.2, 0.25) is 5.82 Å². The highest BCUT2D eigenvalue weighted by Gasteiger charge is 2.20. The largest absolute Gasteiger partial charge is 0.497 e. The van der Waals surface area contributed by atoms with Gasteiger partial charge in [-0.15, -0.1) is 5.10 Å². The van der Waals surface area contributed by atoms with E-state index in [1.54, 1.807) is 30.0 Å². The van der Waals surface area contributed by atoms with Crippen LogP contribution in [0.5, 0.6) is 5.75 Å². The third-order valence-electron chi connectivity index (χ3n) is 4.92. The number of benzene rings is 3. The van der Waals surface area contributed by atoms with Crippen LogP contribution in [0.15, 0.2) is 66.7 Å². The number of hydrogen-bond donors (Lipinski definition) is 1. The molecule has 0 bridgehead atoms. The zero-order valence-corrected chi connectivity index (χ0v) is 18.1. The number of ether oxygens (including phenoxy) is 1. The van der Waals surface area contributed by atoms with Crippen molar-refractivity contribution in [2.75, 3.05) is 12.4 Å². The van der Waals surface area contributed by atoms with E-state index in [0.717, 1.165) is 28.1 Å². The molecule has 3 aromatic carbocycles. The first kappa shape index (κ1) is 20.6. The summed E-state index contributed by atoms with van der Waals surface area (Å²) in [7, 11) is 1.61. The average Bonchev–Trinajstić information content (AvgIpc) is 3.23. The lowest BCUT2D eigenvalue weighted by atomic mass is 10.1. The van der Waals surface area contributed by atoms with Gasteiger partial charge in [0.05, 0.1) is 12.8 Å². The average molecular weight is 433 g/mol. The normalized spacial score (nSPS) is 10.7. The van der Waals surface area contributed by atoms with E-state index in [-0.39, 0.29) is 5.82 Å². The molecule has 1 aromatic heterocycles. The van der Waals surface area contributed by atoms with E-state index < -0.39 is 5.91 Å². The summed E-state index contributed by atoms with van der Waals surface area (Å²) in [5.74, 6) is 0.954. The second-order valence-corrected chi connectivity index (χ2v) is 7.51. The molecule has 31 heavy (non-hydrogen) atoms. The highest BCUT2D eigenvalue weighted by Crippen LogP contribution is 2.26. The Hall–Kier alpha value is -3.64. The van der Waals surface area contributed by atoms with E-state index in [0.29, 0.717) is 16.5 Å². The van der Waals surface area contributed by atoms with E-state index in [1.165, 1.54) is 0 Å². The quantitative estimate of drug-likeness (QED) is 0.454. The first-order chi connectivity index (χ1) is 15.0. The van der Waals surface area contributed by atoms with E-state index >= 15 is 0 Å². The number of aryl methyl sites for hydroxylation is 1. The van der Waals surface area contributed by atoms with Gasteiger partial charge in [-0.25, -0.2) is 9.67 Å². The molecule has 0 unspecified atom stereocenters. The van der Waals surface area contributed by atoms with Crippen LogP contribution in [0.3, 0.4) is 0 Å². The van der Waals surface area contributed by atoms with Crippen molar-refractivity contribution in [1.29, 1.82) is 0 Å². The molecule has 1 N–H and O–H groups in total. The molecule has 0 saturated carbocycles. The summed E-state index contributed by atoms with van der Waals surface area (Å²) in [6.07, 6.45) is 0. The second kappa shape index (κ2) is 8.62. The van der Waals surface area contributed by atoms with Gasteiger partial charge >= 0.3 is 0 Å². The second-order valence-electron chi connectivity index (χ2n) is 7.10. The van der Waals surface area contributed by atoms with Crippen LogP contribution < -0.4 is 10.1 Å². The van der Waals surface area contributed by atoms with E-state index in [2.05, 4.69) is 15.4 Å². The number of halogens is 1. The standard InChI is InChI=1S/C24H21ClN4O2/c1-15-6-4-7-17(14-15)23-27-22(24(30)26-21-9-5-8-20(25)16(21)2)28-29(23)18-10-12-19(31-3)13-11-18/h4-14H,1-3H3,(H,26,30). The van der Waals surface area contributed by atoms with Crippen LogP contribution in [-0.4, -0.2) is 27.8 Å². The number of aromatic nitrogens is 3. The van der Waals surface area contributed by atoms with Gasteiger partial charge in [0.25, 0.3) is 5.91 Å². The van der Waals surface area contributed by atoms with Gasteiger partial charge in [0, 0.05) is 16.3 Å². The zero-order valence-electron chi connectivity index (χ0n) is 17.4. The monoisotopic (exact) mass is 432 g/mol. The van der Waals surface area contributed by atoms with Gasteiger partial charge in [0.15, 0.2) is 5.82 Å². The molecule has 0 fully saturated rings. The number of carbonyl (C=O) groups is 1. The predicted molar refractivity (Wildman–Crippen MR) is 122 cm³/mol. The Balaban J connectivity index is 1.77. The molecule has 4 aromatic rings. The summed E-state index contributed by atoms with van der Waals surface area (Å²) >= 11 is 6.18. The van der Waals surface area contributed by atoms with Crippen LogP contribution in [0.25, 0.3) is 17.1 Å². The van der Waals surface area contributed by atoms with Crippen molar-refractivity contribution in [3.63, 3.8) is 0 Å². The molecule has 0 aliphatic heterocycles. The molecule has 1 amide bonds. The number of carbonyl (C=O) groups excluding carboxylic acids is 1. The number of nitrogens with zero attached hydrogens (tertiary/aromatic N) is 3. The number of hydrogen-bond acceptors (Lipinski definition) is 4. The SMILES string of the molecule is COc1ccc(-n2nc(C(=O)Nc3cccc(Cl)c3C)nc2-c2cccc(C)c2)cc1. The molecule has 4 rings (SSSR count). The van der Waals surface area contributed by atoms with Crippen LogP contribution >= 0.6 is 11.6 Å². The predicted octanol–water partition coefficient (Wildman–Crippen LogP) is 5.47. The van der Waals surface area contributed by atoms with Crippen LogP contribution in [0, 0.1) is 13.8 Å². The lowest BCUT2D eigenvalue weighted by Gasteiger charge is -2.08. The fourth-order valence-corrected chi connectivity index (χ4v) is 3.38. The maximum Gasteiger partial charge on any atom is 0.295 e. The van der Waals surface area contributed by atoms with Crippen molar-refractivity contribution < 1.29 is 9.53 Å². The molecule has 0 radical (unpaired) electrons. The van der Waals surface area contributed by atoms with Gasteiger partial charge < -0.3 is 10.1 Å². The molecular weight excluding hydrogens is 412 g/mol. The third-order valence-corrected chi connectivity index (χ3v) is 5.33. The number of anilines is 1. The summed E-state index contributed by atoms with van der Waals surface area (Å²) in [5.41, 5.74) is 4.12. The number of methoxy groups -OCH3 is 1. The zero-order chi connectivity index (χ0) is 22.0. The molecule has 156 valence electrons. The van der Waals surface area contributed by atoms with Crippen LogP contribution in [0.1, 0.15) is 21.7 Å². The molecule has 7 heteroatoms. The Morgan fingerprint density at radius 1 is 1.03 bits per heavy atom. The van der Waals surface area contributed by atoms with Crippen LogP contribution in [0.2, 0.25) is 5.02 Å². The molecule has 0 saturated heterocycles. The van der Waals surface area contributed by atoms with Gasteiger partial charge in [-0.3, -0.25) is 4.79 Å². The van der Waals surface area contributed by atoms with Gasteiger partial charge in [-0.1, -0.05) is 41.4 Å². The molecule has 1 heterocycles. The number of nitrogens with one attached hydrogen (secondary N) is 1. The molecule has 0 aliphatic rings. The minimum absolute atomic E-state index is 0.0618. The first-order valence-corrected chi connectivity index (χ1v) is 10.1. The van der Waals surface area contributed by atoms with Crippen molar-refractivity contribution in [3.8, 4) is 22.8 Å². The Morgan fingerprint density at radius 3 is 2.48 bits per heavy atom. The van der Waals surface area contributed by atoms with Gasteiger partial charge in [-0.2, -0.15) is 0 Å². The smallest absolute Gasteiger partial charge is 0.295 e. The van der Waals surface area contributed by atoms with Crippen LogP contribution in [-0.2, 0) is 0 Å². The van der Waals surface area contributed by atoms with Gasteiger partial charge in [-0.05, 0) is 61.9 Å². The Bertz CT molecular complexity index is 1250.